The van der Waals surface area contributed by atoms with Gasteiger partial charge in [-0.25, -0.2) is 4.79 Å². The van der Waals surface area contributed by atoms with E-state index in [0.717, 1.165) is 31.2 Å². The molecular weight excluding hydrogens is 362 g/mol. The van der Waals surface area contributed by atoms with Gasteiger partial charge in [-0.3, -0.25) is 19.8 Å². The van der Waals surface area contributed by atoms with E-state index in [0.29, 0.717) is 17.9 Å². The van der Waals surface area contributed by atoms with Gasteiger partial charge >= 0.3 is 12.0 Å². The monoisotopic (exact) mass is 387 g/mol. The minimum atomic E-state index is -1.11. The Morgan fingerprint density at radius 1 is 1.21 bits per heavy atom. The Kier molecular flexibility index (Phi) is 5.96. The highest BCUT2D eigenvalue weighted by Crippen LogP contribution is 2.25. The molecule has 0 bridgehead atoms. The molecule has 1 saturated heterocycles. The summed E-state index contributed by atoms with van der Waals surface area (Å²) in [7, 11) is 0. The van der Waals surface area contributed by atoms with E-state index in [1.807, 2.05) is 30.3 Å². The van der Waals surface area contributed by atoms with Gasteiger partial charge in [-0.05, 0) is 38.2 Å². The van der Waals surface area contributed by atoms with Crippen LogP contribution in [-0.2, 0) is 25.5 Å². The molecule has 0 spiro atoms. The van der Waals surface area contributed by atoms with E-state index in [4.69, 9.17) is 4.74 Å². The van der Waals surface area contributed by atoms with Crippen molar-refractivity contribution in [3.05, 3.63) is 35.9 Å². The van der Waals surface area contributed by atoms with Crippen LogP contribution in [0.5, 0.6) is 0 Å². The third kappa shape index (κ3) is 4.49. The Hall–Kier alpha value is -2.90. The molecule has 2 aliphatic rings. The summed E-state index contributed by atoms with van der Waals surface area (Å²) in [6.07, 6.45) is 4.50. The van der Waals surface area contributed by atoms with E-state index in [2.05, 4.69) is 10.7 Å². The smallest absolute Gasteiger partial charge is 0.344 e. The van der Waals surface area contributed by atoms with Gasteiger partial charge in [-0.1, -0.05) is 43.2 Å². The molecule has 2 N–H and O–H groups in total. The highest BCUT2D eigenvalue weighted by Gasteiger charge is 2.48. The number of rotatable bonds is 7. The van der Waals surface area contributed by atoms with E-state index in [1.165, 1.54) is 0 Å². The minimum absolute atomic E-state index is 0.161. The van der Waals surface area contributed by atoms with Crippen molar-refractivity contribution < 1.29 is 23.9 Å². The lowest BCUT2D eigenvalue weighted by molar-refractivity contribution is -0.154. The summed E-state index contributed by atoms with van der Waals surface area (Å²) in [5.74, 6) is -1.82. The van der Waals surface area contributed by atoms with E-state index >= 15 is 0 Å². The predicted octanol–water partition coefficient (Wildman–Crippen LogP) is 1.69. The van der Waals surface area contributed by atoms with Crippen molar-refractivity contribution >= 4 is 23.8 Å². The zero-order valence-corrected chi connectivity index (χ0v) is 15.9. The predicted molar refractivity (Wildman–Crippen MR) is 99.6 cm³/mol. The minimum Gasteiger partial charge on any atom is -0.455 e. The number of hydrogen-bond acceptors (Lipinski definition) is 5. The number of nitrogens with one attached hydrogen (secondary N) is 2. The highest BCUT2D eigenvalue weighted by molar-refractivity contribution is 6.07. The summed E-state index contributed by atoms with van der Waals surface area (Å²) in [4.78, 5) is 48.7. The number of nitrogens with zero attached hydrogens (tertiary/aromatic N) is 1. The molecule has 1 aromatic carbocycles. The van der Waals surface area contributed by atoms with E-state index in [-0.39, 0.29) is 5.92 Å². The van der Waals surface area contributed by atoms with Crippen molar-refractivity contribution in [3.8, 4) is 0 Å². The summed E-state index contributed by atoms with van der Waals surface area (Å²) < 4.78 is 5.01. The lowest BCUT2D eigenvalue weighted by Crippen LogP contribution is -2.50. The Balaban J connectivity index is 1.51. The first kappa shape index (κ1) is 19.9. The molecule has 1 aliphatic carbocycles. The fraction of sp³-hybridized carbons (Fsp3) is 0.500. The number of aryl methyl sites for hydroxylation is 1. The summed E-state index contributed by atoms with van der Waals surface area (Å²) in [6, 6.07) is 8.92. The summed E-state index contributed by atoms with van der Waals surface area (Å²) in [5.41, 5.74) is 2.17. The zero-order chi connectivity index (χ0) is 20.1. The number of imide groups is 1. The van der Waals surface area contributed by atoms with Gasteiger partial charge in [0.15, 0.2) is 6.61 Å². The lowest BCUT2D eigenvalue weighted by Gasteiger charge is -2.21. The number of hydrazine groups is 1. The van der Waals surface area contributed by atoms with Crippen molar-refractivity contribution in [1.82, 2.24) is 15.8 Å². The second-order valence-corrected chi connectivity index (χ2v) is 7.51. The molecule has 0 aromatic heterocycles. The number of hydrogen-bond donors (Lipinski definition) is 2. The fourth-order valence-electron chi connectivity index (χ4n) is 3.57. The number of carbonyl (C=O) groups excluding carboxylic acids is 4. The Labute approximate surface area is 163 Å². The molecule has 0 unspecified atom stereocenters. The highest BCUT2D eigenvalue weighted by atomic mass is 16.5. The van der Waals surface area contributed by atoms with Gasteiger partial charge in [0.05, 0.1) is 5.92 Å². The molecule has 0 radical (unpaired) electrons. The Morgan fingerprint density at radius 2 is 1.89 bits per heavy atom. The summed E-state index contributed by atoms with van der Waals surface area (Å²) in [5, 5.41) is 3.29. The maximum atomic E-state index is 12.7. The van der Waals surface area contributed by atoms with Crippen LogP contribution in [0.15, 0.2) is 30.3 Å². The van der Waals surface area contributed by atoms with Gasteiger partial charge < -0.3 is 10.1 Å². The topological polar surface area (TPSA) is 105 Å². The SMILES string of the molecule is C[C@@]1(CCc2ccccc2)NC(=O)N(NC(=O)COC(=O)C2CCCC2)C1=O. The van der Waals surface area contributed by atoms with Crippen LogP contribution in [0.3, 0.4) is 0 Å². The number of esters is 1. The molecule has 28 heavy (non-hydrogen) atoms. The standard InChI is InChI=1S/C20H25N3O5/c1-20(12-11-14-7-3-2-4-8-14)18(26)23(19(27)21-20)22-16(24)13-28-17(25)15-9-5-6-10-15/h2-4,7-8,15H,5-6,9-13H2,1H3,(H,21,27)(H,22,24)/t20-/m0/s1. The van der Waals surface area contributed by atoms with Crippen LogP contribution in [0.2, 0.25) is 0 Å². The number of amides is 4. The van der Waals surface area contributed by atoms with Gasteiger partial charge in [0, 0.05) is 0 Å². The Bertz CT molecular complexity index is 760. The van der Waals surface area contributed by atoms with Crippen LogP contribution < -0.4 is 10.7 Å². The molecule has 8 heteroatoms. The molecule has 150 valence electrons. The number of carbonyl (C=O) groups is 4. The molecule has 1 saturated carbocycles. The van der Waals surface area contributed by atoms with Gasteiger partial charge in [0.25, 0.3) is 11.8 Å². The summed E-state index contributed by atoms with van der Waals surface area (Å²) >= 11 is 0. The first-order valence-corrected chi connectivity index (χ1v) is 9.56. The molecule has 1 aromatic rings. The van der Waals surface area contributed by atoms with Gasteiger partial charge in [-0.2, -0.15) is 5.01 Å². The van der Waals surface area contributed by atoms with Crippen molar-refractivity contribution in [2.75, 3.05) is 6.61 Å². The number of urea groups is 1. The second kappa shape index (κ2) is 8.41. The van der Waals surface area contributed by atoms with Crippen LogP contribution in [0.4, 0.5) is 4.79 Å². The third-order valence-electron chi connectivity index (χ3n) is 5.29. The van der Waals surface area contributed by atoms with Gasteiger partial charge in [0.1, 0.15) is 5.54 Å². The van der Waals surface area contributed by atoms with Gasteiger partial charge in [-0.15, -0.1) is 0 Å². The van der Waals surface area contributed by atoms with Crippen LogP contribution in [0, 0.1) is 5.92 Å². The normalized spacial score (nSPS) is 22.2. The summed E-state index contributed by atoms with van der Waals surface area (Å²) in [6.45, 7) is 1.11. The fourth-order valence-corrected chi connectivity index (χ4v) is 3.57. The molecule has 1 atom stereocenters. The van der Waals surface area contributed by atoms with E-state index in [9.17, 15) is 19.2 Å². The van der Waals surface area contributed by atoms with Crippen LogP contribution >= 0.6 is 0 Å². The maximum absolute atomic E-state index is 12.7. The average molecular weight is 387 g/mol. The van der Waals surface area contributed by atoms with Crippen molar-refractivity contribution in [2.45, 2.75) is 51.0 Å². The Morgan fingerprint density at radius 3 is 2.57 bits per heavy atom. The van der Waals surface area contributed by atoms with Crippen LogP contribution in [0.25, 0.3) is 0 Å². The maximum Gasteiger partial charge on any atom is 0.344 e. The second-order valence-electron chi connectivity index (χ2n) is 7.51. The largest absolute Gasteiger partial charge is 0.455 e. The van der Waals surface area contributed by atoms with Crippen molar-refractivity contribution in [2.24, 2.45) is 5.92 Å². The molecule has 1 aliphatic heterocycles. The quantitative estimate of drug-likeness (QED) is 0.547. The van der Waals surface area contributed by atoms with Crippen LogP contribution in [0.1, 0.15) is 44.6 Å². The molecule has 3 rings (SSSR count). The van der Waals surface area contributed by atoms with E-state index in [1.54, 1.807) is 6.92 Å². The average Bonchev–Trinajstić information content (AvgIpc) is 3.29. The molecule has 1 heterocycles. The van der Waals surface area contributed by atoms with E-state index < -0.39 is 36.0 Å². The molecule has 2 fully saturated rings. The molecule has 4 amide bonds. The first-order chi connectivity index (χ1) is 13.4. The lowest BCUT2D eigenvalue weighted by atomic mass is 9.93. The number of ether oxygens (including phenoxy) is 1. The number of benzene rings is 1. The van der Waals surface area contributed by atoms with Crippen molar-refractivity contribution in [3.63, 3.8) is 0 Å². The zero-order valence-electron chi connectivity index (χ0n) is 15.9. The molecule has 8 nitrogen and oxygen atoms in total. The van der Waals surface area contributed by atoms with Gasteiger partial charge in [0.2, 0.25) is 0 Å². The third-order valence-corrected chi connectivity index (χ3v) is 5.29. The molecular formula is C20H25N3O5. The first-order valence-electron chi connectivity index (χ1n) is 9.56. The van der Waals surface area contributed by atoms with Crippen LogP contribution in [-0.4, -0.2) is 41.0 Å². The van der Waals surface area contributed by atoms with Crippen molar-refractivity contribution in [1.29, 1.82) is 0 Å².